The first-order chi connectivity index (χ1) is 11.5. The van der Waals surface area contributed by atoms with Gasteiger partial charge in [-0.1, -0.05) is 25.3 Å². The Morgan fingerprint density at radius 1 is 1.29 bits per heavy atom. The average molecular weight is 335 g/mol. The molecule has 8 heteroatoms. The van der Waals surface area contributed by atoms with Gasteiger partial charge in [-0.15, -0.1) is 0 Å². The molecule has 1 aromatic rings. The molecule has 130 valence electrons. The van der Waals surface area contributed by atoms with E-state index in [1.54, 1.807) is 0 Å². The number of benzene rings is 1. The van der Waals surface area contributed by atoms with E-state index in [2.05, 4.69) is 10.6 Å². The van der Waals surface area contributed by atoms with Crippen molar-refractivity contribution in [1.82, 2.24) is 5.32 Å². The van der Waals surface area contributed by atoms with Crippen LogP contribution >= 0.6 is 0 Å². The van der Waals surface area contributed by atoms with Gasteiger partial charge in [-0.2, -0.15) is 0 Å². The van der Waals surface area contributed by atoms with Gasteiger partial charge in [0.15, 0.2) is 0 Å². The number of hydrogen-bond donors (Lipinski definition) is 3. The highest BCUT2D eigenvalue weighted by atomic mass is 16.6. The molecular formula is C16H21N3O5. The molecule has 3 N–H and O–H groups in total. The van der Waals surface area contributed by atoms with E-state index in [4.69, 9.17) is 0 Å². The number of nitrogens with one attached hydrogen (secondary N) is 2. The monoisotopic (exact) mass is 335 g/mol. The van der Waals surface area contributed by atoms with Crippen molar-refractivity contribution < 1.29 is 19.6 Å². The van der Waals surface area contributed by atoms with Crippen LogP contribution in [0.2, 0.25) is 0 Å². The Morgan fingerprint density at radius 2 is 2.00 bits per heavy atom. The second kappa shape index (κ2) is 8.39. The largest absolute Gasteiger partial charge is 0.480 e. The average Bonchev–Trinajstić information content (AvgIpc) is 2.55. The van der Waals surface area contributed by atoms with Gasteiger partial charge in [0.05, 0.1) is 11.3 Å². The van der Waals surface area contributed by atoms with Gasteiger partial charge < -0.3 is 15.7 Å². The number of carbonyl (C=O) groups excluding carboxylic acids is 1. The number of carbonyl (C=O) groups is 2. The van der Waals surface area contributed by atoms with Crippen molar-refractivity contribution in [3.05, 3.63) is 34.4 Å². The summed E-state index contributed by atoms with van der Waals surface area (Å²) in [6, 6.07) is 4.69. The van der Waals surface area contributed by atoms with Crippen molar-refractivity contribution in [2.75, 3.05) is 5.32 Å². The second-order valence-electron chi connectivity index (χ2n) is 5.95. The molecule has 1 aliphatic carbocycles. The van der Waals surface area contributed by atoms with Crippen LogP contribution in [0.15, 0.2) is 24.3 Å². The molecule has 1 aliphatic rings. The van der Waals surface area contributed by atoms with Crippen LogP contribution in [0.5, 0.6) is 0 Å². The fraction of sp³-hybridized carbons (Fsp3) is 0.500. The van der Waals surface area contributed by atoms with Crippen molar-refractivity contribution in [1.29, 1.82) is 0 Å². The van der Waals surface area contributed by atoms with Gasteiger partial charge in [-0.05, 0) is 18.9 Å². The van der Waals surface area contributed by atoms with E-state index in [0.29, 0.717) is 0 Å². The lowest BCUT2D eigenvalue weighted by atomic mass is 9.94. The van der Waals surface area contributed by atoms with Crippen LogP contribution in [0.4, 0.5) is 11.4 Å². The van der Waals surface area contributed by atoms with E-state index in [0.717, 1.165) is 32.1 Å². The highest BCUT2D eigenvalue weighted by Crippen LogP contribution is 2.19. The molecule has 0 spiro atoms. The van der Waals surface area contributed by atoms with Gasteiger partial charge in [-0.25, -0.2) is 0 Å². The molecule has 0 aromatic heterocycles. The van der Waals surface area contributed by atoms with Gasteiger partial charge in [0, 0.05) is 23.9 Å². The van der Waals surface area contributed by atoms with E-state index >= 15 is 0 Å². The molecule has 0 bridgehead atoms. The minimum absolute atomic E-state index is 0.116. The van der Waals surface area contributed by atoms with E-state index in [-0.39, 0.29) is 23.8 Å². The van der Waals surface area contributed by atoms with Crippen LogP contribution in [-0.4, -0.2) is 34.0 Å². The van der Waals surface area contributed by atoms with Gasteiger partial charge >= 0.3 is 5.97 Å². The number of anilines is 1. The van der Waals surface area contributed by atoms with Crippen LogP contribution in [0.25, 0.3) is 0 Å². The number of carboxylic acid groups (broad SMARTS) is 1. The molecular weight excluding hydrogens is 314 g/mol. The molecule has 1 aromatic carbocycles. The molecule has 0 saturated heterocycles. The molecule has 1 fully saturated rings. The lowest BCUT2D eigenvalue weighted by molar-refractivity contribution is -0.384. The summed E-state index contributed by atoms with van der Waals surface area (Å²) in [6.45, 7) is 0. The Morgan fingerprint density at radius 3 is 2.62 bits per heavy atom. The molecule has 2 rings (SSSR count). The quantitative estimate of drug-likeness (QED) is 0.519. The zero-order valence-electron chi connectivity index (χ0n) is 13.2. The Balaban J connectivity index is 1.93. The Bertz CT molecular complexity index is 613. The zero-order chi connectivity index (χ0) is 17.5. The van der Waals surface area contributed by atoms with Crippen molar-refractivity contribution >= 4 is 23.3 Å². The third-order valence-corrected chi connectivity index (χ3v) is 4.07. The minimum Gasteiger partial charge on any atom is -0.480 e. The highest BCUT2D eigenvalue weighted by molar-refractivity contribution is 5.94. The Kier molecular flexibility index (Phi) is 6.25. The van der Waals surface area contributed by atoms with E-state index in [1.807, 2.05) is 0 Å². The summed E-state index contributed by atoms with van der Waals surface area (Å²) in [4.78, 5) is 33.6. The number of non-ortho nitro benzene ring substituents is 1. The van der Waals surface area contributed by atoms with E-state index < -0.39 is 22.8 Å². The molecule has 1 unspecified atom stereocenters. The number of aliphatic carboxylic acids is 1. The van der Waals surface area contributed by atoms with Gasteiger partial charge in [0.1, 0.15) is 6.04 Å². The molecule has 1 amide bonds. The molecule has 0 radical (unpaired) electrons. The van der Waals surface area contributed by atoms with Crippen molar-refractivity contribution in [2.24, 2.45) is 0 Å². The number of amides is 1. The van der Waals surface area contributed by atoms with Crippen molar-refractivity contribution in [2.45, 2.75) is 50.6 Å². The van der Waals surface area contributed by atoms with Gasteiger partial charge in [-0.3, -0.25) is 19.7 Å². The summed E-state index contributed by atoms with van der Waals surface area (Å²) in [5.41, 5.74) is 0.138. The summed E-state index contributed by atoms with van der Waals surface area (Å²) in [5.74, 6) is -1.57. The Hall–Kier alpha value is -2.48. The summed E-state index contributed by atoms with van der Waals surface area (Å²) in [5, 5.41) is 25.6. The predicted octanol–water partition coefficient (Wildman–Crippen LogP) is 2.30. The first-order valence-electron chi connectivity index (χ1n) is 7.99. The summed E-state index contributed by atoms with van der Waals surface area (Å²) < 4.78 is 0. The Labute approximate surface area is 139 Å². The van der Waals surface area contributed by atoms with Crippen LogP contribution < -0.4 is 10.6 Å². The summed E-state index contributed by atoms with van der Waals surface area (Å²) in [6.07, 6.45) is 4.87. The van der Waals surface area contributed by atoms with E-state index in [9.17, 15) is 24.8 Å². The number of nitro groups is 1. The summed E-state index contributed by atoms with van der Waals surface area (Å²) in [7, 11) is 0. The fourth-order valence-corrected chi connectivity index (χ4v) is 2.87. The van der Waals surface area contributed by atoms with Crippen LogP contribution in [0.3, 0.4) is 0 Å². The number of nitro benzene ring substituents is 1. The lowest BCUT2D eigenvalue weighted by Crippen LogP contribution is -2.45. The molecule has 24 heavy (non-hydrogen) atoms. The third kappa shape index (κ3) is 5.31. The lowest BCUT2D eigenvalue weighted by Gasteiger charge is -2.26. The first-order valence-corrected chi connectivity index (χ1v) is 7.99. The van der Waals surface area contributed by atoms with Gasteiger partial charge in [0.25, 0.3) is 5.69 Å². The maximum Gasteiger partial charge on any atom is 0.321 e. The van der Waals surface area contributed by atoms with E-state index in [1.165, 1.54) is 24.3 Å². The molecule has 1 atom stereocenters. The topological polar surface area (TPSA) is 122 Å². The van der Waals surface area contributed by atoms with Crippen LogP contribution in [-0.2, 0) is 9.59 Å². The first kappa shape index (κ1) is 17.9. The second-order valence-corrected chi connectivity index (χ2v) is 5.95. The normalized spacial score (nSPS) is 16.3. The predicted molar refractivity (Wildman–Crippen MR) is 87.8 cm³/mol. The standard InChI is InChI=1S/C16H21N3O5/c20-15(18-12-7-4-8-13(9-12)19(23)24)10-14(16(21)22)17-11-5-2-1-3-6-11/h4,7-9,11,14,17H,1-3,5-6,10H2,(H,18,20)(H,21,22). The molecule has 1 saturated carbocycles. The smallest absolute Gasteiger partial charge is 0.321 e. The SMILES string of the molecule is O=C(CC(NC1CCCCC1)C(=O)O)Nc1cccc([N+](=O)[O-])c1. The highest BCUT2D eigenvalue weighted by Gasteiger charge is 2.25. The molecule has 8 nitrogen and oxygen atoms in total. The fourth-order valence-electron chi connectivity index (χ4n) is 2.87. The number of rotatable bonds is 7. The number of carboxylic acids is 1. The maximum absolute atomic E-state index is 12.1. The molecule has 0 heterocycles. The third-order valence-electron chi connectivity index (χ3n) is 4.07. The number of nitrogens with zero attached hydrogens (tertiary/aromatic N) is 1. The summed E-state index contributed by atoms with van der Waals surface area (Å²) >= 11 is 0. The van der Waals surface area contributed by atoms with Crippen molar-refractivity contribution in [3.8, 4) is 0 Å². The van der Waals surface area contributed by atoms with Crippen molar-refractivity contribution in [3.63, 3.8) is 0 Å². The van der Waals surface area contributed by atoms with Gasteiger partial charge in [0.2, 0.25) is 5.91 Å². The zero-order valence-corrected chi connectivity index (χ0v) is 13.2. The van der Waals surface area contributed by atoms with Crippen LogP contribution in [0, 0.1) is 10.1 Å². The minimum atomic E-state index is -1.07. The number of hydrogen-bond acceptors (Lipinski definition) is 5. The maximum atomic E-state index is 12.1. The molecule has 0 aliphatic heterocycles. The van der Waals surface area contributed by atoms with Crippen LogP contribution in [0.1, 0.15) is 38.5 Å².